The number of allylic oxidation sites excluding steroid dienone is 3. The van der Waals surface area contributed by atoms with E-state index in [1.54, 1.807) is 6.08 Å². The first-order valence-corrected chi connectivity index (χ1v) is 11.1. The maximum absolute atomic E-state index is 11.2. The van der Waals surface area contributed by atoms with Crippen LogP contribution in [0.5, 0.6) is 11.5 Å². The molecule has 170 valence electrons. The van der Waals surface area contributed by atoms with E-state index in [1.165, 1.54) is 0 Å². The highest BCUT2D eigenvalue weighted by Crippen LogP contribution is 2.19. The van der Waals surface area contributed by atoms with E-state index in [-0.39, 0.29) is 12.2 Å². The Hall–Kier alpha value is -3.86. The van der Waals surface area contributed by atoms with Gasteiger partial charge in [0.25, 0.3) is 0 Å². The fourth-order valence-corrected chi connectivity index (χ4v) is 3.21. The zero-order valence-corrected chi connectivity index (χ0v) is 19.6. The number of benzene rings is 2. The van der Waals surface area contributed by atoms with Gasteiger partial charge in [0, 0.05) is 36.2 Å². The van der Waals surface area contributed by atoms with E-state index in [4.69, 9.17) is 9.47 Å². The van der Waals surface area contributed by atoms with Gasteiger partial charge in [-0.15, -0.1) is 0 Å². The van der Waals surface area contributed by atoms with E-state index < -0.39 is 0 Å². The average molecular weight is 444 g/mol. The summed E-state index contributed by atoms with van der Waals surface area (Å²) in [5, 5.41) is 3.23. The zero-order valence-electron chi connectivity index (χ0n) is 19.6. The van der Waals surface area contributed by atoms with E-state index in [9.17, 15) is 4.79 Å². The van der Waals surface area contributed by atoms with Crippen molar-refractivity contribution in [1.82, 2.24) is 0 Å². The van der Waals surface area contributed by atoms with Gasteiger partial charge in [-0.1, -0.05) is 0 Å². The average Bonchev–Trinajstić information content (AvgIpc) is 2.80. The number of carbonyl (C=O) groups is 1. The molecule has 1 aromatic heterocycles. The van der Waals surface area contributed by atoms with Crippen LogP contribution in [-0.4, -0.2) is 18.5 Å². The smallest absolute Gasteiger partial charge is 0.210 e. The summed E-state index contributed by atoms with van der Waals surface area (Å²) in [6, 6.07) is 19.7. The molecule has 0 amide bonds. The number of pyridine rings is 1. The molecule has 0 radical (unpaired) electrons. The Bertz CT molecular complexity index is 1080. The first-order valence-electron chi connectivity index (χ1n) is 11.1. The second kappa shape index (κ2) is 11.7. The number of ether oxygens (including phenoxy) is 2. The number of aldehydes is 1. The van der Waals surface area contributed by atoms with Crippen molar-refractivity contribution in [2.24, 2.45) is 0 Å². The second-order valence-electron chi connectivity index (χ2n) is 8.08. The number of aromatic nitrogens is 1. The van der Waals surface area contributed by atoms with Crippen LogP contribution in [0.2, 0.25) is 0 Å². The van der Waals surface area contributed by atoms with Crippen LogP contribution in [0.4, 0.5) is 5.69 Å². The Labute approximate surface area is 196 Å². The van der Waals surface area contributed by atoms with Gasteiger partial charge in [-0.05, 0) is 87.4 Å². The zero-order chi connectivity index (χ0) is 23.6. The minimum absolute atomic E-state index is 0.141. The van der Waals surface area contributed by atoms with Gasteiger partial charge in [0.15, 0.2) is 12.4 Å². The molecule has 0 saturated carbocycles. The number of nitrogens with zero attached hydrogens (tertiary/aromatic N) is 1. The highest BCUT2D eigenvalue weighted by molar-refractivity contribution is 5.86. The quantitative estimate of drug-likeness (QED) is 0.188. The number of nitrogens with one attached hydrogen (secondary N) is 1. The summed E-state index contributed by atoms with van der Waals surface area (Å²) in [5.41, 5.74) is 3.71. The van der Waals surface area contributed by atoms with Gasteiger partial charge in [0.05, 0.1) is 12.2 Å². The third kappa shape index (κ3) is 7.35. The summed E-state index contributed by atoms with van der Waals surface area (Å²) < 4.78 is 13.4. The lowest BCUT2D eigenvalue weighted by atomic mass is 10.1. The van der Waals surface area contributed by atoms with E-state index in [0.29, 0.717) is 0 Å². The van der Waals surface area contributed by atoms with Crippen molar-refractivity contribution in [3.05, 3.63) is 97.0 Å². The van der Waals surface area contributed by atoms with Gasteiger partial charge < -0.3 is 14.8 Å². The van der Waals surface area contributed by atoms with Crippen LogP contribution in [0.15, 0.2) is 91.4 Å². The lowest BCUT2D eigenvalue weighted by molar-refractivity contribution is -0.595. The second-order valence-corrected chi connectivity index (χ2v) is 8.08. The maximum Gasteiger partial charge on any atom is 0.210 e. The lowest BCUT2D eigenvalue weighted by Crippen LogP contribution is -2.29. The summed E-state index contributed by atoms with van der Waals surface area (Å²) in [7, 11) is 0. The third-order valence-electron chi connectivity index (χ3n) is 4.66. The highest BCUT2D eigenvalue weighted by Gasteiger charge is 2.08. The molecule has 0 aliphatic heterocycles. The van der Waals surface area contributed by atoms with E-state index in [2.05, 4.69) is 5.32 Å². The maximum atomic E-state index is 11.2. The molecule has 0 aliphatic rings. The van der Waals surface area contributed by atoms with Crippen LogP contribution in [0.25, 0.3) is 11.3 Å². The monoisotopic (exact) mass is 443 g/mol. The van der Waals surface area contributed by atoms with Crippen molar-refractivity contribution in [1.29, 1.82) is 0 Å². The van der Waals surface area contributed by atoms with Crippen molar-refractivity contribution >= 4 is 17.5 Å². The predicted octanol–water partition coefficient (Wildman–Crippen LogP) is 5.75. The van der Waals surface area contributed by atoms with Crippen molar-refractivity contribution in [2.75, 3.05) is 5.32 Å². The largest absolute Gasteiger partial charge is 0.491 e. The summed E-state index contributed by atoms with van der Waals surface area (Å²) in [5.74, 6) is 1.68. The molecule has 0 atom stereocenters. The number of anilines is 1. The number of hydrogen-bond donors (Lipinski definition) is 1. The Morgan fingerprint density at radius 1 is 0.818 bits per heavy atom. The minimum atomic E-state index is 0.141. The standard InChI is InChI=1S/C28H30N2O3/c1-21(2)32-27-9-5-25(6-10-27)29-17-13-23(16-20-31)24-14-18-30(19-15-24)26-7-11-28(12-8-26)33-22(3)4/h5-22H,1-4H3/p+1. The molecule has 0 aliphatic carbocycles. The molecular formula is C28H31N2O3+. The van der Waals surface area contributed by atoms with Gasteiger partial charge in [-0.3, -0.25) is 4.79 Å². The third-order valence-corrected chi connectivity index (χ3v) is 4.66. The molecule has 3 rings (SSSR count). The molecule has 3 aromatic rings. The van der Waals surface area contributed by atoms with Gasteiger partial charge in [0.2, 0.25) is 5.69 Å². The van der Waals surface area contributed by atoms with Gasteiger partial charge in [-0.2, -0.15) is 4.57 Å². The Balaban J connectivity index is 1.67. The van der Waals surface area contributed by atoms with E-state index >= 15 is 0 Å². The first kappa shape index (κ1) is 23.8. The lowest BCUT2D eigenvalue weighted by Gasteiger charge is -2.10. The fourth-order valence-electron chi connectivity index (χ4n) is 3.21. The molecule has 5 heteroatoms. The number of carbonyl (C=O) groups excluding carboxylic acids is 1. The van der Waals surface area contributed by atoms with Crippen LogP contribution in [0.1, 0.15) is 33.3 Å². The van der Waals surface area contributed by atoms with Crippen LogP contribution in [0, 0.1) is 0 Å². The van der Waals surface area contributed by atoms with Gasteiger partial charge in [-0.25, -0.2) is 0 Å². The molecule has 0 fully saturated rings. The Morgan fingerprint density at radius 3 is 1.88 bits per heavy atom. The summed E-state index contributed by atoms with van der Waals surface area (Å²) in [6.45, 7) is 8.02. The van der Waals surface area contributed by atoms with Gasteiger partial charge >= 0.3 is 0 Å². The molecule has 1 N–H and O–H groups in total. The fraction of sp³-hybridized carbons (Fsp3) is 0.214. The van der Waals surface area contributed by atoms with E-state index in [0.717, 1.165) is 40.3 Å². The summed E-state index contributed by atoms with van der Waals surface area (Å²) in [4.78, 5) is 11.2. The minimum Gasteiger partial charge on any atom is -0.491 e. The van der Waals surface area contributed by atoms with Crippen LogP contribution in [0.3, 0.4) is 0 Å². The van der Waals surface area contributed by atoms with Crippen molar-refractivity contribution in [3.63, 3.8) is 0 Å². The normalized spacial score (nSPS) is 11.8. The SMILES string of the molecule is CC(C)Oc1ccc(NC=CC(=CC=O)c2cc[n+](-c3ccc(OC(C)C)cc3)cc2)cc1. The number of rotatable bonds is 10. The van der Waals surface area contributed by atoms with Crippen LogP contribution in [-0.2, 0) is 4.79 Å². The van der Waals surface area contributed by atoms with Crippen LogP contribution < -0.4 is 19.4 Å². The molecule has 5 nitrogen and oxygen atoms in total. The predicted molar refractivity (Wildman–Crippen MR) is 133 cm³/mol. The Morgan fingerprint density at radius 2 is 1.36 bits per heavy atom. The molecule has 0 spiro atoms. The first-order chi connectivity index (χ1) is 15.9. The summed E-state index contributed by atoms with van der Waals surface area (Å²) >= 11 is 0. The topological polar surface area (TPSA) is 51.4 Å². The molecule has 1 heterocycles. The van der Waals surface area contributed by atoms with Crippen LogP contribution >= 0.6 is 0 Å². The van der Waals surface area contributed by atoms with E-state index in [1.807, 2.05) is 118 Å². The van der Waals surface area contributed by atoms with Crippen molar-refractivity contribution in [2.45, 2.75) is 39.9 Å². The molecular weight excluding hydrogens is 412 g/mol. The molecule has 2 aromatic carbocycles. The van der Waals surface area contributed by atoms with Crippen molar-refractivity contribution in [3.8, 4) is 17.2 Å². The summed E-state index contributed by atoms with van der Waals surface area (Å²) in [6.07, 6.45) is 10.3. The molecule has 0 saturated heterocycles. The highest BCUT2D eigenvalue weighted by atomic mass is 16.5. The van der Waals surface area contributed by atoms with Crippen molar-refractivity contribution < 1.29 is 18.8 Å². The molecule has 0 unspecified atom stereocenters. The van der Waals surface area contributed by atoms with Gasteiger partial charge in [0.1, 0.15) is 17.8 Å². The molecule has 33 heavy (non-hydrogen) atoms. The molecule has 0 bridgehead atoms. The number of hydrogen-bond acceptors (Lipinski definition) is 4. The Kier molecular flexibility index (Phi) is 8.42.